The second kappa shape index (κ2) is 12.1. The Balaban J connectivity index is 1.74. The van der Waals surface area contributed by atoms with E-state index in [1.54, 1.807) is 54.4 Å². The summed E-state index contributed by atoms with van der Waals surface area (Å²) in [7, 11) is 2.45. The van der Waals surface area contributed by atoms with Crippen LogP contribution in [0.15, 0.2) is 107 Å². The summed E-state index contributed by atoms with van der Waals surface area (Å²) in [5, 5.41) is 10.1. The highest BCUT2D eigenvalue weighted by Gasteiger charge is 2.42. The van der Waals surface area contributed by atoms with Crippen molar-refractivity contribution >= 4 is 29.4 Å². The van der Waals surface area contributed by atoms with Crippen LogP contribution in [0.1, 0.15) is 17.2 Å². The number of methoxy groups -OCH3 is 2. The number of aromatic nitrogens is 1. The second-order valence-corrected chi connectivity index (χ2v) is 9.42. The zero-order valence-corrected chi connectivity index (χ0v) is 21.8. The van der Waals surface area contributed by atoms with Gasteiger partial charge in [0.1, 0.15) is 11.5 Å². The standard InChI is InChI=1S/C29H26N4O4S/c1-36-28(34)25-24(19-8-4-3-5-9-19)23(18-30)27(31)33(26(25)29(35)37-2)21-11-13-22(14-12-21)38-17-15-20-10-6-7-16-32-20/h3-14,16,24H,15,17,31H2,1-2H3. The molecule has 0 fully saturated rings. The third-order valence-electron chi connectivity index (χ3n) is 6.06. The zero-order valence-electron chi connectivity index (χ0n) is 21.0. The third kappa shape index (κ3) is 5.41. The number of thioether (sulfide) groups is 1. The van der Waals surface area contributed by atoms with Gasteiger partial charge in [-0.3, -0.25) is 9.88 Å². The van der Waals surface area contributed by atoms with E-state index in [1.807, 2.05) is 36.4 Å². The highest BCUT2D eigenvalue weighted by Crippen LogP contribution is 2.43. The van der Waals surface area contributed by atoms with E-state index in [2.05, 4.69) is 11.1 Å². The maximum Gasteiger partial charge on any atom is 0.355 e. The first-order chi connectivity index (χ1) is 18.5. The molecule has 1 aromatic heterocycles. The number of nitrogens with two attached hydrogens (primary N) is 1. The van der Waals surface area contributed by atoms with Gasteiger partial charge in [-0.15, -0.1) is 11.8 Å². The Bertz CT molecular complexity index is 1410. The summed E-state index contributed by atoms with van der Waals surface area (Å²) in [6, 6.07) is 24.3. The molecule has 0 saturated heterocycles. The van der Waals surface area contributed by atoms with Crippen LogP contribution in [-0.2, 0) is 25.5 Å². The van der Waals surface area contributed by atoms with Crippen LogP contribution in [0.4, 0.5) is 5.69 Å². The Morgan fingerprint density at radius 1 is 1.00 bits per heavy atom. The van der Waals surface area contributed by atoms with Crippen LogP contribution in [0.25, 0.3) is 0 Å². The number of anilines is 1. The lowest BCUT2D eigenvalue weighted by Gasteiger charge is -2.35. The molecule has 2 N–H and O–H groups in total. The van der Waals surface area contributed by atoms with Crippen LogP contribution < -0.4 is 10.6 Å². The van der Waals surface area contributed by atoms with Crippen molar-refractivity contribution in [1.29, 1.82) is 5.26 Å². The number of carbonyl (C=O) groups excluding carboxylic acids is 2. The van der Waals surface area contributed by atoms with Crippen LogP contribution >= 0.6 is 11.8 Å². The van der Waals surface area contributed by atoms with Crippen molar-refractivity contribution < 1.29 is 19.1 Å². The van der Waals surface area contributed by atoms with Crippen LogP contribution in [0, 0.1) is 11.3 Å². The maximum atomic E-state index is 13.1. The monoisotopic (exact) mass is 526 g/mol. The Labute approximate surface area is 225 Å². The number of nitriles is 1. The van der Waals surface area contributed by atoms with Crippen molar-refractivity contribution in [3.63, 3.8) is 0 Å². The molecule has 1 aliphatic heterocycles. The van der Waals surface area contributed by atoms with Gasteiger partial charge in [-0.05, 0) is 48.4 Å². The molecule has 1 atom stereocenters. The molecular weight excluding hydrogens is 500 g/mol. The molecule has 0 spiro atoms. The van der Waals surface area contributed by atoms with Gasteiger partial charge in [0.25, 0.3) is 0 Å². The molecule has 0 saturated carbocycles. The van der Waals surface area contributed by atoms with Gasteiger partial charge < -0.3 is 15.2 Å². The number of ether oxygens (including phenoxy) is 2. The van der Waals surface area contributed by atoms with Gasteiger partial charge in [0, 0.05) is 28.2 Å². The number of esters is 2. The van der Waals surface area contributed by atoms with Gasteiger partial charge in [0.2, 0.25) is 0 Å². The van der Waals surface area contributed by atoms with Crippen LogP contribution in [-0.4, -0.2) is 36.9 Å². The van der Waals surface area contributed by atoms with Crippen molar-refractivity contribution in [2.24, 2.45) is 5.73 Å². The predicted molar refractivity (Wildman–Crippen MR) is 145 cm³/mol. The third-order valence-corrected chi connectivity index (χ3v) is 7.07. The van der Waals surface area contributed by atoms with E-state index in [0.717, 1.165) is 22.8 Å². The summed E-state index contributed by atoms with van der Waals surface area (Å²) in [5.74, 6) is -1.57. The number of pyridine rings is 1. The summed E-state index contributed by atoms with van der Waals surface area (Å²) in [6.45, 7) is 0. The van der Waals surface area contributed by atoms with Crippen molar-refractivity contribution in [3.8, 4) is 6.07 Å². The van der Waals surface area contributed by atoms with Gasteiger partial charge in [-0.1, -0.05) is 36.4 Å². The molecular formula is C29H26N4O4S. The predicted octanol–water partition coefficient (Wildman–Crippen LogP) is 4.31. The van der Waals surface area contributed by atoms with E-state index < -0.39 is 17.9 Å². The first-order valence-electron chi connectivity index (χ1n) is 11.8. The molecule has 3 aromatic rings. The molecule has 38 heavy (non-hydrogen) atoms. The highest BCUT2D eigenvalue weighted by atomic mass is 32.2. The van der Waals surface area contributed by atoms with E-state index in [-0.39, 0.29) is 22.7 Å². The lowest BCUT2D eigenvalue weighted by Crippen LogP contribution is -2.40. The van der Waals surface area contributed by atoms with Gasteiger partial charge in [-0.25, -0.2) is 9.59 Å². The molecule has 0 aliphatic carbocycles. The lowest BCUT2D eigenvalue weighted by molar-refractivity contribution is -0.139. The van der Waals surface area contributed by atoms with E-state index in [9.17, 15) is 14.9 Å². The smallest absolute Gasteiger partial charge is 0.355 e. The van der Waals surface area contributed by atoms with Crippen molar-refractivity contribution in [2.45, 2.75) is 17.2 Å². The molecule has 0 amide bonds. The van der Waals surface area contributed by atoms with Crippen LogP contribution in [0.3, 0.4) is 0 Å². The summed E-state index contributed by atoms with van der Waals surface area (Å²) < 4.78 is 10.1. The number of allylic oxidation sites excluding steroid dienone is 1. The molecule has 192 valence electrons. The number of rotatable bonds is 8. The summed E-state index contributed by atoms with van der Waals surface area (Å²) in [5.41, 5.74) is 8.68. The number of carbonyl (C=O) groups is 2. The van der Waals surface area contributed by atoms with Gasteiger partial charge >= 0.3 is 11.9 Å². The molecule has 1 unspecified atom stereocenters. The molecule has 9 heteroatoms. The molecule has 1 aliphatic rings. The van der Waals surface area contributed by atoms with Gasteiger partial charge in [-0.2, -0.15) is 5.26 Å². The van der Waals surface area contributed by atoms with Crippen LogP contribution in [0.2, 0.25) is 0 Å². The minimum absolute atomic E-state index is 0.0230. The Kier molecular flexibility index (Phi) is 8.46. The summed E-state index contributed by atoms with van der Waals surface area (Å²) >= 11 is 1.66. The van der Waals surface area contributed by atoms with Crippen molar-refractivity contribution in [2.75, 3.05) is 24.9 Å². The van der Waals surface area contributed by atoms with Crippen molar-refractivity contribution in [1.82, 2.24) is 4.98 Å². The normalized spacial score (nSPS) is 15.2. The number of hydrogen-bond acceptors (Lipinski definition) is 9. The van der Waals surface area contributed by atoms with E-state index >= 15 is 0 Å². The summed E-state index contributed by atoms with van der Waals surface area (Å²) in [4.78, 5) is 33.0. The zero-order chi connectivity index (χ0) is 27.1. The first kappa shape index (κ1) is 26.5. The molecule has 2 aromatic carbocycles. The Morgan fingerprint density at radius 3 is 2.29 bits per heavy atom. The molecule has 2 heterocycles. The first-order valence-corrected chi connectivity index (χ1v) is 12.8. The Morgan fingerprint density at radius 2 is 1.68 bits per heavy atom. The molecule has 8 nitrogen and oxygen atoms in total. The molecule has 0 bridgehead atoms. The van der Waals surface area contributed by atoms with Crippen LogP contribution in [0.5, 0.6) is 0 Å². The maximum absolute atomic E-state index is 13.1. The Hall–Kier alpha value is -4.55. The lowest BCUT2D eigenvalue weighted by atomic mass is 9.81. The van der Waals surface area contributed by atoms with Gasteiger partial charge in [0.05, 0.1) is 37.4 Å². The minimum Gasteiger partial charge on any atom is -0.466 e. The quantitative estimate of drug-likeness (QED) is 0.338. The fraction of sp³-hybridized carbons (Fsp3) is 0.172. The average Bonchev–Trinajstić information content (AvgIpc) is 2.97. The number of aryl methyl sites for hydroxylation is 1. The highest BCUT2D eigenvalue weighted by molar-refractivity contribution is 7.99. The second-order valence-electron chi connectivity index (χ2n) is 8.25. The van der Waals surface area contributed by atoms with Gasteiger partial charge in [0.15, 0.2) is 0 Å². The SMILES string of the molecule is COC(=O)C1=C(C(=O)OC)N(c2ccc(SCCc3ccccn3)cc2)C(N)=C(C#N)C1c1ccccc1. The molecule has 0 radical (unpaired) electrons. The van der Waals surface area contributed by atoms with Crippen molar-refractivity contribution in [3.05, 3.63) is 113 Å². The number of benzene rings is 2. The largest absolute Gasteiger partial charge is 0.466 e. The summed E-state index contributed by atoms with van der Waals surface area (Å²) in [6.07, 6.45) is 2.59. The van der Waals surface area contributed by atoms with E-state index in [0.29, 0.717) is 11.3 Å². The topological polar surface area (TPSA) is 119 Å². The van der Waals surface area contributed by atoms with E-state index in [1.165, 1.54) is 19.1 Å². The average molecular weight is 527 g/mol. The fourth-order valence-electron chi connectivity index (χ4n) is 4.29. The minimum atomic E-state index is -0.902. The number of nitrogens with zero attached hydrogens (tertiary/aromatic N) is 3. The van der Waals surface area contributed by atoms with E-state index in [4.69, 9.17) is 15.2 Å². The number of hydrogen-bond donors (Lipinski definition) is 1. The molecule has 4 rings (SSSR count). The fourth-order valence-corrected chi connectivity index (χ4v) is 5.17.